The Morgan fingerprint density at radius 3 is 2.44 bits per heavy atom. The fourth-order valence-corrected chi connectivity index (χ4v) is 5.84. The Labute approximate surface area is 207 Å². The highest BCUT2D eigenvalue weighted by Gasteiger charge is 2.54. The Kier molecular flexibility index (Phi) is 7.25. The number of hydrogen-bond donors (Lipinski definition) is 1. The predicted octanol–water partition coefficient (Wildman–Crippen LogP) is 3.90. The predicted molar refractivity (Wildman–Crippen MR) is 132 cm³/mol. The van der Waals surface area contributed by atoms with Crippen molar-refractivity contribution < 1.29 is 14.4 Å². The van der Waals surface area contributed by atoms with E-state index in [1.807, 2.05) is 24.3 Å². The third-order valence-corrected chi connectivity index (χ3v) is 8.65. The molecule has 1 aromatic rings. The number of halogens is 1. The lowest BCUT2D eigenvalue weighted by atomic mass is 9.65. The molecule has 1 N–H and O–H groups in total. The molecular weight excluding hydrogens is 452 g/mol. The second-order valence-corrected chi connectivity index (χ2v) is 11.2. The summed E-state index contributed by atoms with van der Waals surface area (Å²) < 4.78 is 0. The van der Waals surface area contributed by atoms with Crippen molar-refractivity contribution in [3.63, 3.8) is 0 Å². The first kappa shape index (κ1) is 25.0. The van der Waals surface area contributed by atoms with Gasteiger partial charge in [0.05, 0.1) is 0 Å². The minimum atomic E-state index is -0.826. The monoisotopic (exact) mass is 488 g/mol. The summed E-state index contributed by atoms with van der Waals surface area (Å²) in [4.78, 5) is 44.1. The molecule has 4 rings (SSSR count). The summed E-state index contributed by atoms with van der Waals surface area (Å²) in [7, 11) is 0. The van der Waals surface area contributed by atoms with Gasteiger partial charge in [-0.05, 0) is 54.7 Å². The molecule has 8 heteroatoms. The lowest BCUT2D eigenvalue weighted by molar-refractivity contribution is -0.140. The molecule has 1 spiro atoms. The van der Waals surface area contributed by atoms with Crippen molar-refractivity contribution in [3.8, 4) is 0 Å². The molecule has 0 atom stereocenters. The highest BCUT2D eigenvalue weighted by molar-refractivity contribution is 6.30. The van der Waals surface area contributed by atoms with Crippen molar-refractivity contribution >= 4 is 29.4 Å². The van der Waals surface area contributed by atoms with Crippen LogP contribution in [0.2, 0.25) is 5.02 Å². The van der Waals surface area contributed by atoms with Crippen LogP contribution in [0.25, 0.3) is 0 Å². The molecule has 186 valence electrons. The fraction of sp³-hybridized carbons (Fsp3) is 0.654. The third kappa shape index (κ3) is 5.10. The topological polar surface area (TPSA) is 73.0 Å². The zero-order chi connectivity index (χ0) is 24.5. The van der Waals surface area contributed by atoms with Gasteiger partial charge in [-0.1, -0.05) is 50.9 Å². The largest absolute Gasteiger partial charge is 0.339 e. The van der Waals surface area contributed by atoms with Gasteiger partial charge >= 0.3 is 6.03 Å². The van der Waals surface area contributed by atoms with Crippen LogP contribution >= 0.6 is 11.6 Å². The number of nitrogens with zero attached hydrogens (tertiary/aromatic N) is 3. The molecule has 1 saturated carbocycles. The number of amides is 4. The van der Waals surface area contributed by atoms with Gasteiger partial charge in [0.15, 0.2) is 0 Å². The first-order valence-electron chi connectivity index (χ1n) is 12.5. The number of hydrogen-bond acceptors (Lipinski definition) is 4. The normalized spacial score (nSPS) is 26.3. The van der Waals surface area contributed by atoms with Crippen LogP contribution in [0, 0.1) is 11.3 Å². The lowest BCUT2D eigenvalue weighted by Crippen LogP contribution is -2.53. The van der Waals surface area contributed by atoms with E-state index in [9.17, 15) is 14.4 Å². The van der Waals surface area contributed by atoms with Crippen LogP contribution in [-0.2, 0) is 16.1 Å². The Morgan fingerprint density at radius 1 is 1.15 bits per heavy atom. The Bertz CT molecular complexity index is 934. The number of nitrogens with one attached hydrogen (secondary N) is 1. The van der Waals surface area contributed by atoms with Crippen LogP contribution in [-0.4, -0.2) is 70.8 Å². The van der Waals surface area contributed by atoms with Crippen molar-refractivity contribution in [2.24, 2.45) is 11.3 Å². The van der Waals surface area contributed by atoms with Gasteiger partial charge in [0.2, 0.25) is 5.91 Å². The molecule has 3 fully saturated rings. The Morgan fingerprint density at radius 2 is 1.82 bits per heavy atom. The van der Waals surface area contributed by atoms with Crippen molar-refractivity contribution in [2.45, 2.75) is 65.0 Å². The van der Waals surface area contributed by atoms with E-state index in [1.54, 1.807) is 4.90 Å². The SMILES string of the molecule is CCC(C)(C)C1CCC2(CC1)NC(=O)N(CC(=O)N1CCN(Cc3cccc(Cl)c3)CC1)C2=O. The first-order chi connectivity index (χ1) is 16.1. The highest BCUT2D eigenvalue weighted by atomic mass is 35.5. The molecule has 0 radical (unpaired) electrons. The van der Waals surface area contributed by atoms with Crippen molar-refractivity contribution in [3.05, 3.63) is 34.9 Å². The van der Waals surface area contributed by atoms with Crippen LogP contribution in [0.4, 0.5) is 4.79 Å². The van der Waals surface area contributed by atoms with E-state index in [0.717, 1.165) is 54.4 Å². The molecule has 0 bridgehead atoms. The number of carbonyl (C=O) groups excluding carboxylic acids is 3. The standard InChI is InChI=1S/C26H37ClN4O3/c1-4-25(2,3)20-8-10-26(11-9-20)23(33)31(24(34)28-26)18-22(32)30-14-12-29(13-15-30)17-19-6-5-7-21(27)16-19/h5-7,16,20H,4,8-15,17-18H2,1-3H3,(H,28,34). The van der Waals surface area contributed by atoms with Gasteiger partial charge in [0, 0.05) is 37.7 Å². The number of benzene rings is 1. The van der Waals surface area contributed by atoms with E-state index in [-0.39, 0.29) is 23.8 Å². The average Bonchev–Trinajstić information content (AvgIpc) is 3.03. The smallest absolute Gasteiger partial charge is 0.325 e. The van der Waals surface area contributed by atoms with Crippen LogP contribution in [0.5, 0.6) is 0 Å². The Hall–Kier alpha value is -2.12. The van der Waals surface area contributed by atoms with Gasteiger partial charge in [-0.2, -0.15) is 0 Å². The van der Waals surface area contributed by atoms with E-state index in [0.29, 0.717) is 31.8 Å². The van der Waals surface area contributed by atoms with Gasteiger partial charge in [0.25, 0.3) is 5.91 Å². The Balaban J connectivity index is 1.29. The maximum Gasteiger partial charge on any atom is 0.325 e. The zero-order valence-corrected chi connectivity index (χ0v) is 21.4. The van der Waals surface area contributed by atoms with Gasteiger partial charge in [-0.15, -0.1) is 0 Å². The summed E-state index contributed by atoms with van der Waals surface area (Å²) in [5.74, 6) is 0.161. The zero-order valence-electron chi connectivity index (χ0n) is 20.6. The molecule has 1 aromatic carbocycles. The molecule has 0 aromatic heterocycles. The van der Waals surface area contributed by atoms with Crippen LogP contribution in [0.15, 0.2) is 24.3 Å². The first-order valence-corrected chi connectivity index (χ1v) is 12.9. The van der Waals surface area contributed by atoms with Crippen molar-refractivity contribution in [1.82, 2.24) is 20.0 Å². The van der Waals surface area contributed by atoms with E-state index >= 15 is 0 Å². The van der Waals surface area contributed by atoms with Gasteiger partial charge in [0.1, 0.15) is 12.1 Å². The lowest BCUT2D eigenvalue weighted by Gasteiger charge is -2.42. The van der Waals surface area contributed by atoms with E-state index in [2.05, 4.69) is 31.0 Å². The third-order valence-electron chi connectivity index (χ3n) is 8.42. The van der Waals surface area contributed by atoms with Crippen LogP contribution < -0.4 is 5.32 Å². The molecule has 7 nitrogen and oxygen atoms in total. The summed E-state index contributed by atoms with van der Waals surface area (Å²) in [5.41, 5.74) is 0.555. The highest BCUT2D eigenvalue weighted by Crippen LogP contribution is 2.45. The summed E-state index contributed by atoms with van der Waals surface area (Å²) in [5, 5.41) is 3.68. The molecule has 0 unspecified atom stereocenters. The number of urea groups is 1. The summed E-state index contributed by atoms with van der Waals surface area (Å²) in [6.07, 6.45) is 4.24. The number of carbonyl (C=O) groups is 3. The minimum absolute atomic E-state index is 0.163. The second-order valence-electron chi connectivity index (χ2n) is 10.8. The van der Waals surface area contributed by atoms with Crippen molar-refractivity contribution in [2.75, 3.05) is 32.7 Å². The number of piperazine rings is 1. The molecular formula is C26H37ClN4O3. The number of rotatable bonds is 6. The molecule has 2 saturated heterocycles. The maximum atomic E-state index is 13.3. The van der Waals surface area contributed by atoms with E-state index in [1.165, 1.54) is 0 Å². The second kappa shape index (κ2) is 9.86. The fourth-order valence-electron chi connectivity index (χ4n) is 5.62. The van der Waals surface area contributed by atoms with Gasteiger partial charge in [-0.25, -0.2) is 4.79 Å². The summed E-state index contributed by atoms with van der Waals surface area (Å²) in [6.45, 7) is 10.0. The van der Waals surface area contributed by atoms with E-state index < -0.39 is 11.6 Å². The molecule has 4 amide bonds. The molecule has 2 heterocycles. The van der Waals surface area contributed by atoms with Gasteiger partial charge < -0.3 is 10.2 Å². The summed E-state index contributed by atoms with van der Waals surface area (Å²) >= 11 is 6.08. The van der Waals surface area contributed by atoms with Gasteiger partial charge in [-0.3, -0.25) is 19.4 Å². The number of imide groups is 1. The minimum Gasteiger partial charge on any atom is -0.339 e. The van der Waals surface area contributed by atoms with Crippen LogP contribution in [0.3, 0.4) is 0 Å². The maximum absolute atomic E-state index is 13.3. The molecule has 1 aliphatic carbocycles. The van der Waals surface area contributed by atoms with E-state index in [4.69, 9.17) is 11.6 Å². The molecule has 2 aliphatic heterocycles. The van der Waals surface area contributed by atoms with Crippen LogP contribution in [0.1, 0.15) is 58.4 Å². The molecule has 34 heavy (non-hydrogen) atoms. The molecule has 3 aliphatic rings. The van der Waals surface area contributed by atoms with Crippen molar-refractivity contribution in [1.29, 1.82) is 0 Å². The quantitative estimate of drug-likeness (QED) is 0.616. The average molecular weight is 489 g/mol. The summed E-state index contributed by atoms with van der Waals surface area (Å²) in [6, 6.07) is 7.39.